The van der Waals surface area contributed by atoms with Gasteiger partial charge in [-0.25, -0.2) is 0 Å². The summed E-state index contributed by atoms with van der Waals surface area (Å²) < 4.78 is 5.71. The molecule has 0 saturated carbocycles. The van der Waals surface area contributed by atoms with Gasteiger partial charge in [-0.15, -0.1) is 0 Å². The van der Waals surface area contributed by atoms with Crippen molar-refractivity contribution in [2.24, 2.45) is 0 Å². The summed E-state index contributed by atoms with van der Waals surface area (Å²) in [6, 6.07) is 23.5. The molecule has 0 fully saturated rings. The van der Waals surface area contributed by atoms with E-state index in [4.69, 9.17) is 4.65 Å². The molecule has 0 aliphatic carbocycles. The van der Waals surface area contributed by atoms with Gasteiger partial charge in [0.15, 0.2) is 5.78 Å². The lowest BCUT2D eigenvalue weighted by molar-refractivity contribution is 0.104. The summed E-state index contributed by atoms with van der Waals surface area (Å²) in [4.78, 5) is 12.4. The molecule has 0 radical (unpaired) electrons. The van der Waals surface area contributed by atoms with Crippen molar-refractivity contribution in [1.82, 2.24) is 0 Å². The second-order valence-electron chi connectivity index (χ2n) is 5.23. The average Bonchev–Trinajstić information content (AvgIpc) is 2.61. The Hall–Kier alpha value is -2.81. The molecule has 0 amide bonds. The van der Waals surface area contributed by atoms with Gasteiger partial charge in [0, 0.05) is 17.2 Å². The van der Waals surface area contributed by atoms with Crippen molar-refractivity contribution in [2.45, 2.75) is 6.82 Å². The van der Waals surface area contributed by atoms with Gasteiger partial charge in [-0.2, -0.15) is 0 Å². The average molecular weight is 300 g/mol. The maximum absolute atomic E-state index is 12.4. The first-order chi connectivity index (χ1) is 11.3. The third kappa shape index (κ3) is 3.51. The van der Waals surface area contributed by atoms with Crippen molar-refractivity contribution in [1.29, 1.82) is 0 Å². The standard InChI is InChI=1S/C20H17BO2/c1-21-23-20(14-19(22)16-8-3-2-4-9-16)18-12-11-15-7-5-6-10-17(15)13-18/h2-14,21H,1H3/b20-14-. The first-order valence-electron chi connectivity index (χ1n) is 7.71. The normalized spacial score (nSPS) is 11.3. The molecule has 112 valence electrons. The molecule has 0 atom stereocenters. The van der Waals surface area contributed by atoms with Crippen molar-refractivity contribution < 1.29 is 9.45 Å². The first kappa shape index (κ1) is 15.1. The third-order valence-corrected chi connectivity index (χ3v) is 3.65. The van der Waals surface area contributed by atoms with Crippen LogP contribution in [0.2, 0.25) is 6.82 Å². The molecule has 23 heavy (non-hydrogen) atoms. The summed E-state index contributed by atoms with van der Waals surface area (Å²) in [5.41, 5.74) is 1.57. The molecule has 0 N–H and O–H groups in total. The highest BCUT2D eigenvalue weighted by molar-refractivity contribution is 6.27. The minimum Gasteiger partial charge on any atom is -0.564 e. The number of allylic oxidation sites excluding steroid dienone is 1. The Morgan fingerprint density at radius 1 is 0.870 bits per heavy atom. The smallest absolute Gasteiger partial charge is 0.336 e. The van der Waals surface area contributed by atoms with Crippen molar-refractivity contribution in [3.8, 4) is 0 Å². The quantitative estimate of drug-likeness (QED) is 0.300. The van der Waals surface area contributed by atoms with Crippen LogP contribution in [0.15, 0.2) is 78.9 Å². The van der Waals surface area contributed by atoms with E-state index in [-0.39, 0.29) is 5.78 Å². The summed E-state index contributed by atoms with van der Waals surface area (Å²) in [5, 5.41) is 2.30. The molecule has 0 saturated heterocycles. The van der Waals surface area contributed by atoms with E-state index in [0.29, 0.717) is 18.8 Å². The highest BCUT2D eigenvalue weighted by Gasteiger charge is 2.08. The second-order valence-corrected chi connectivity index (χ2v) is 5.23. The molecule has 0 aromatic heterocycles. The van der Waals surface area contributed by atoms with Crippen LogP contribution < -0.4 is 0 Å². The van der Waals surface area contributed by atoms with Crippen LogP contribution in [0.25, 0.3) is 16.5 Å². The van der Waals surface area contributed by atoms with Crippen LogP contribution in [0, 0.1) is 0 Å². The van der Waals surface area contributed by atoms with Gasteiger partial charge in [0.25, 0.3) is 0 Å². The Morgan fingerprint density at radius 3 is 2.30 bits per heavy atom. The van der Waals surface area contributed by atoms with E-state index in [1.165, 1.54) is 5.39 Å². The van der Waals surface area contributed by atoms with Gasteiger partial charge >= 0.3 is 7.48 Å². The largest absolute Gasteiger partial charge is 0.564 e. The van der Waals surface area contributed by atoms with Gasteiger partial charge in [0.05, 0.1) is 0 Å². The van der Waals surface area contributed by atoms with Gasteiger partial charge in [0.1, 0.15) is 5.76 Å². The van der Waals surface area contributed by atoms with Crippen LogP contribution in [-0.2, 0) is 4.65 Å². The minimum absolute atomic E-state index is 0.0535. The molecule has 3 heteroatoms. The number of ketones is 1. The highest BCUT2D eigenvalue weighted by Crippen LogP contribution is 2.22. The van der Waals surface area contributed by atoms with Gasteiger partial charge in [0.2, 0.25) is 0 Å². The fourth-order valence-corrected chi connectivity index (χ4v) is 2.51. The van der Waals surface area contributed by atoms with E-state index in [9.17, 15) is 4.79 Å². The summed E-state index contributed by atoms with van der Waals surface area (Å²) in [6.07, 6.45) is 1.57. The Bertz CT molecular complexity index is 854. The molecule has 0 aliphatic heterocycles. The molecule has 3 aromatic carbocycles. The van der Waals surface area contributed by atoms with Crippen LogP contribution in [-0.4, -0.2) is 13.3 Å². The predicted octanol–water partition coefficient (Wildman–Crippen LogP) is 4.48. The van der Waals surface area contributed by atoms with Crippen LogP contribution in [0.3, 0.4) is 0 Å². The molecular weight excluding hydrogens is 283 g/mol. The predicted molar refractivity (Wildman–Crippen MR) is 96.8 cm³/mol. The lowest BCUT2D eigenvalue weighted by atomic mass is 10.0. The van der Waals surface area contributed by atoms with E-state index in [0.717, 1.165) is 10.9 Å². The van der Waals surface area contributed by atoms with Crippen molar-refractivity contribution in [2.75, 3.05) is 0 Å². The monoisotopic (exact) mass is 300 g/mol. The summed E-state index contributed by atoms with van der Waals surface area (Å²) in [6.45, 7) is 1.92. The molecule has 3 rings (SSSR count). The summed E-state index contributed by atoms with van der Waals surface area (Å²) >= 11 is 0. The molecular formula is C20H17BO2. The molecule has 3 aromatic rings. The van der Waals surface area contributed by atoms with E-state index in [1.807, 2.05) is 61.4 Å². The lowest BCUT2D eigenvalue weighted by Crippen LogP contribution is -2.00. The Labute approximate surface area is 136 Å². The van der Waals surface area contributed by atoms with E-state index >= 15 is 0 Å². The van der Waals surface area contributed by atoms with Gasteiger partial charge < -0.3 is 4.65 Å². The molecule has 0 spiro atoms. The number of benzene rings is 3. The first-order valence-corrected chi connectivity index (χ1v) is 7.71. The lowest BCUT2D eigenvalue weighted by Gasteiger charge is -2.10. The van der Waals surface area contributed by atoms with Gasteiger partial charge in [-0.1, -0.05) is 73.6 Å². The van der Waals surface area contributed by atoms with Crippen molar-refractivity contribution in [3.63, 3.8) is 0 Å². The van der Waals surface area contributed by atoms with Gasteiger partial charge in [-0.3, -0.25) is 4.79 Å². The maximum atomic E-state index is 12.4. The number of hydrogen-bond acceptors (Lipinski definition) is 2. The number of hydrogen-bond donors (Lipinski definition) is 0. The zero-order valence-electron chi connectivity index (χ0n) is 13.0. The number of carbonyl (C=O) groups is 1. The third-order valence-electron chi connectivity index (χ3n) is 3.65. The molecule has 0 aliphatic rings. The fourth-order valence-electron chi connectivity index (χ4n) is 2.51. The molecule has 0 heterocycles. The molecule has 0 unspecified atom stereocenters. The summed E-state index contributed by atoms with van der Waals surface area (Å²) in [7, 11) is 0.515. The number of carbonyl (C=O) groups excluding carboxylic acids is 1. The molecule has 2 nitrogen and oxygen atoms in total. The minimum atomic E-state index is -0.0535. The Balaban J connectivity index is 1.99. The van der Waals surface area contributed by atoms with E-state index in [2.05, 4.69) is 18.2 Å². The van der Waals surface area contributed by atoms with E-state index < -0.39 is 0 Å². The van der Waals surface area contributed by atoms with Gasteiger partial charge in [-0.05, 0) is 16.8 Å². The van der Waals surface area contributed by atoms with Crippen LogP contribution >= 0.6 is 0 Å². The van der Waals surface area contributed by atoms with Crippen LogP contribution in [0.1, 0.15) is 15.9 Å². The highest BCUT2D eigenvalue weighted by atomic mass is 16.4. The van der Waals surface area contributed by atoms with Crippen molar-refractivity contribution in [3.05, 3.63) is 90.0 Å². The zero-order valence-corrected chi connectivity index (χ0v) is 13.0. The Kier molecular flexibility index (Phi) is 4.58. The number of rotatable bonds is 5. The summed E-state index contributed by atoms with van der Waals surface area (Å²) in [5.74, 6) is 0.550. The maximum Gasteiger partial charge on any atom is 0.336 e. The molecule has 0 bridgehead atoms. The SMILES string of the molecule is CBO/C(=C\C(=O)c1ccccc1)c1ccc2ccccc2c1. The topological polar surface area (TPSA) is 26.3 Å². The van der Waals surface area contributed by atoms with Crippen LogP contribution in [0.4, 0.5) is 0 Å². The van der Waals surface area contributed by atoms with Crippen LogP contribution in [0.5, 0.6) is 0 Å². The second kappa shape index (κ2) is 6.97. The zero-order chi connectivity index (χ0) is 16.1. The van der Waals surface area contributed by atoms with Crippen molar-refractivity contribution >= 4 is 29.8 Å². The number of fused-ring (bicyclic) bond motifs is 1. The Morgan fingerprint density at radius 2 is 1.57 bits per heavy atom. The van der Waals surface area contributed by atoms with E-state index in [1.54, 1.807) is 6.08 Å². The fraction of sp³-hybridized carbons (Fsp3) is 0.0500.